The number of nitrogens with zero attached hydrogens (tertiary/aromatic N) is 1. The number of hydrogen-bond acceptors (Lipinski definition) is 15. The number of piperidine rings is 1. The van der Waals surface area contributed by atoms with Gasteiger partial charge in [-0.2, -0.15) is 0 Å². The van der Waals surface area contributed by atoms with Gasteiger partial charge >= 0.3 is 11.9 Å². The summed E-state index contributed by atoms with van der Waals surface area (Å²) in [5, 5.41) is 23.9. The molecule has 374 valence electrons. The third-order valence-corrected chi connectivity index (χ3v) is 16.0. The van der Waals surface area contributed by atoms with E-state index in [-0.39, 0.29) is 66.9 Å². The minimum Gasteiger partial charge on any atom is -0.465 e. The molecule has 2 N–H and O–H groups in total. The van der Waals surface area contributed by atoms with E-state index in [1.165, 1.54) is 19.1 Å². The summed E-state index contributed by atoms with van der Waals surface area (Å²) < 4.78 is 41.7. The Hall–Kier alpha value is -2.70. The van der Waals surface area contributed by atoms with E-state index in [0.29, 0.717) is 57.3 Å². The Bertz CT molecular complexity index is 1720. The minimum atomic E-state index is -2.51. The average Bonchev–Trinajstić information content (AvgIpc) is 3.72. The maximum absolute atomic E-state index is 14.5. The van der Waals surface area contributed by atoms with Gasteiger partial charge in [0.15, 0.2) is 0 Å². The van der Waals surface area contributed by atoms with Crippen molar-refractivity contribution in [2.24, 2.45) is 29.6 Å². The topological polar surface area (TPSA) is 194 Å². The number of aliphatic hydroxyl groups excluding tert-OH is 1. The van der Waals surface area contributed by atoms with Crippen LogP contribution < -0.4 is 0 Å². The molecule has 0 aromatic heterocycles. The predicted octanol–water partition coefficient (Wildman–Crippen LogP) is 5.94. The van der Waals surface area contributed by atoms with E-state index < -0.39 is 77.8 Å². The summed E-state index contributed by atoms with van der Waals surface area (Å²) in [6.45, 7) is 12.4. The zero-order chi connectivity index (χ0) is 48.3. The van der Waals surface area contributed by atoms with Gasteiger partial charge in [-0.15, -0.1) is 11.8 Å². The van der Waals surface area contributed by atoms with E-state index in [2.05, 4.69) is 13.0 Å². The van der Waals surface area contributed by atoms with Crippen LogP contribution in [0.4, 0.5) is 0 Å². The van der Waals surface area contributed by atoms with Crippen LogP contribution in [0.15, 0.2) is 23.3 Å². The number of ether oxygens (including phenoxy) is 7. The third-order valence-electron chi connectivity index (χ3n) is 14.7. The number of aliphatic hydroxyl groups is 2. The van der Waals surface area contributed by atoms with Crippen LogP contribution in [0.2, 0.25) is 0 Å². The largest absolute Gasteiger partial charge is 0.465 e. The molecule has 4 aliphatic heterocycles. The number of carbonyl (C=O) groups is 5. The highest BCUT2D eigenvalue weighted by Crippen LogP contribution is 2.39. The zero-order valence-electron chi connectivity index (χ0n) is 40.9. The Morgan fingerprint density at radius 3 is 2.29 bits per heavy atom. The van der Waals surface area contributed by atoms with Crippen molar-refractivity contribution in [3.8, 4) is 0 Å². The van der Waals surface area contributed by atoms with Gasteiger partial charge in [0.25, 0.3) is 11.7 Å². The van der Waals surface area contributed by atoms with Crippen LogP contribution in [-0.2, 0) is 57.1 Å². The summed E-state index contributed by atoms with van der Waals surface area (Å²) in [7, 11) is 4.74. The molecule has 16 heteroatoms. The zero-order valence-corrected chi connectivity index (χ0v) is 41.7. The maximum Gasteiger partial charge on any atom is 0.329 e. The van der Waals surface area contributed by atoms with Crippen molar-refractivity contribution in [3.05, 3.63) is 23.3 Å². The van der Waals surface area contributed by atoms with E-state index in [0.717, 1.165) is 37.0 Å². The molecule has 15 atom stereocenters. The normalized spacial score (nSPS) is 39.3. The highest BCUT2D eigenvalue weighted by molar-refractivity contribution is 8.00. The van der Waals surface area contributed by atoms with Gasteiger partial charge in [0.2, 0.25) is 5.79 Å². The fraction of sp³-hybridized carbons (Fsp3) is 0.820. The number of allylic oxidation sites excluding steroid dienone is 3. The Labute approximate surface area is 396 Å². The molecule has 2 bridgehead atoms. The molecule has 1 amide bonds. The van der Waals surface area contributed by atoms with E-state index in [9.17, 15) is 34.2 Å². The van der Waals surface area contributed by atoms with Gasteiger partial charge in [-0.1, -0.05) is 45.4 Å². The van der Waals surface area contributed by atoms with Gasteiger partial charge < -0.3 is 48.3 Å². The second kappa shape index (κ2) is 25.2. The lowest BCUT2D eigenvalue weighted by Gasteiger charge is -2.47. The molecule has 4 heterocycles. The van der Waals surface area contributed by atoms with Crippen LogP contribution in [0.25, 0.3) is 0 Å². The molecule has 2 unspecified atom stereocenters. The summed E-state index contributed by atoms with van der Waals surface area (Å²) >= 11 is 1.61. The molecule has 3 saturated heterocycles. The lowest BCUT2D eigenvalue weighted by Crippen LogP contribution is -2.64. The lowest BCUT2D eigenvalue weighted by atomic mass is 9.81. The molecule has 1 aliphatic carbocycles. The van der Waals surface area contributed by atoms with E-state index in [1.807, 2.05) is 26.8 Å². The molecule has 1 saturated carbocycles. The van der Waals surface area contributed by atoms with Crippen molar-refractivity contribution in [2.75, 3.05) is 46.8 Å². The Morgan fingerprint density at radius 1 is 0.909 bits per heavy atom. The van der Waals surface area contributed by atoms with Crippen LogP contribution in [0, 0.1) is 29.6 Å². The quantitative estimate of drug-likeness (QED) is 0.101. The number of amides is 1. The first-order valence-corrected chi connectivity index (χ1v) is 25.5. The molecule has 0 spiro atoms. The first-order valence-electron chi connectivity index (χ1n) is 24.5. The summed E-state index contributed by atoms with van der Waals surface area (Å²) in [5.41, 5.74) is 1.68. The maximum atomic E-state index is 14.5. The Morgan fingerprint density at radius 2 is 1.62 bits per heavy atom. The molecular formula is C50H79NO14S. The smallest absolute Gasteiger partial charge is 0.329 e. The molecule has 0 aromatic rings. The van der Waals surface area contributed by atoms with Gasteiger partial charge in [0.05, 0.1) is 37.1 Å². The van der Waals surface area contributed by atoms with Crippen molar-refractivity contribution >= 4 is 41.2 Å². The molecule has 5 rings (SSSR count). The van der Waals surface area contributed by atoms with E-state index >= 15 is 0 Å². The summed E-state index contributed by atoms with van der Waals surface area (Å²) in [5.74, 6) is -6.86. The average molecular weight is 950 g/mol. The van der Waals surface area contributed by atoms with E-state index in [1.54, 1.807) is 32.7 Å². The van der Waals surface area contributed by atoms with Crippen LogP contribution in [0.5, 0.6) is 0 Å². The molecule has 0 aromatic carbocycles. The first-order chi connectivity index (χ1) is 31.4. The Balaban J connectivity index is 1.41. The second-order valence-electron chi connectivity index (χ2n) is 19.7. The van der Waals surface area contributed by atoms with Gasteiger partial charge in [-0.3, -0.25) is 19.2 Å². The number of methoxy groups -OCH3 is 3. The Kier molecular flexibility index (Phi) is 20.7. The molecule has 15 nitrogen and oxygen atoms in total. The molecule has 5 aliphatic rings. The highest BCUT2D eigenvalue weighted by atomic mass is 32.2. The number of ketones is 2. The third kappa shape index (κ3) is 13.5. The number of hydrogen-bond donors (Lipinski definition) is 2. The first kappa shape index (κ1) is 54.2. The van der Waals surface area contributed by atoms with Crippen molar-refractivity contribution in [1.29, 1.82) is 0 Å². The fourth-order valence-corrected chi connectivity index (χ4v) is 11.7. The lowest BCUT2D eigenvalue weighted by molar-refractivity contribution is -0.302. The minimum absolute atomic E-state index is 0.0244. The molecule has 4 fully saturated rings. The molecule has 66 heavy (non-hydrogen) atoms. The van der Waals surface area contributed by atoms with Crippen LogP contribution in [-0.4, -0.2) is 151 Å². The van der Waals surface area contributed by atoms with Crippen LogP contribution >= 0.6 is 11.8 Å². The molecule has 0 radical (unpaired) electrons. The number of cyclic esters (lactones) is 2. The number of rotatable bonds is 12. The van der Waals surface area contributed by atoms with Crippen molar-refractivity contribution in [3.63, 3.8) is 0 Å². The van der Waals surface area contributed by atoms with Gasteiger partial charge in [-0.25, -0.2) is 4.79 Å². The van der Waals surface area contributed by atoms with Gasteiger partial charge in [-0.05, 0) is 108 Å². The second-order valence-corrected chi connectivity index (χ2v) is 21.0. The van der Waals surface area contributed by atoms with Crippen molar-refractivity contribution in [1.82, 2.24) is 4.90 Å². The number of Topliss-reactive ketones (excluding diaryl/α,β-unsaturated/α-hetero) is 2. The summed E-state index contributed by atoms with van der Waals surface area (Å²) in [6.07, 6.45) is 6.26. The van der Waals surface area contributed by atoms with Crippen LogP contribution in [0.3, 0.4) is 0 Å². The predicted molar refractivity (Wildman–Crippen MR) is 248 cm³/mol. The SMILES string of the molecule is CC[C@@H]1/C=C(\C)C[C@H](C)C[C@H](OC)C2O[C@@](O)(C(=O)C(=O)N3CCCC[C@H]3C(=O)O[C@H](/C(C)=C/[C@@H]3CC[C@@H](OCCCSC4CCOC4=O)[C@H](OC)C3)[C@H](C)[C@@H](O)CC1=O)[C@H](C)C[C@@H]2OC. The monoisotopic (exact) mass is 950 g/mol. The molecular weight excluding hydrogens is 871 g/mol. The number of esters is 2. The highest BCUT2D eigenvalue weighted by Gasteiger charge is 2.56. The summed E-state index contributed by atoms with van der Waals surface area (Å²) in [4.78, 5) is 70.2. The number of carbonyl (C=O) groups excluding carboxylic acids is 5. The summed E-state index contributed by atoms with van der Waals surface area (Å²) in [6, 6.07) is -1.14. The van der Waals surface area contributed by atoms with Crippen molar-refractivity contribution in [2.45, 2.75) is 185 Å². The standard InChI is InChI=1S/C50H79NO14S/c1-10-35-23-29(2)22-30(3)24-41(60-8)45-42(61-9)26-32(5)50(58,65-45)46(54)47(55)51-18-12-11-14-36(51)48(56)64-44(33(6)37(52)28-38(35)53)31(4)25-34-15-16-39(40(27-34)59-7)62-19-13-21-66-43-17-20-63-49(43)57/h23,25,30,32-37,39-45,52,58H,10-22,24,26-28H2,1-9H3/b29-23+,31-25+/t30-,32+,33+,34-,35+,36-,37-,39+,40+,41-,42-,43?,44+,45?,50+/m0/s1. The van der Waals surface area contributed by atoms with E-state index in [4.69, 9.17) is 33.2 Å². The number of fused-ring (bicyclic) bond motifs is 3. The fourth-order valence-electron chi connectivity index (χ4n) is 10.7. The van der Waals surface area contributed by atoms with Crippen LogP contribution in [0.1, 0.15) is 125 Å². The number of thioether (sulfide) groups is 1. The van der Waals surface area contributed by atoms with Crippen molar-refractivity contribution < 1.29 is 67.3 Å². The van der Waals surface area contributed by atoms with Gasteiger partial charge in [0, 0.05) is 65.1 Å². The van der Waals surface area contributed by atoms with Gasteiger partial charge in [0.1, 0.15) is 29.3 Å².